The van der Waals surface area contributed by atoms with Crippen molar-refractivity contribution in [1.82, 2.24) is 10.6 Å². The molecule has 1 aromatic carbocycles. The molecule has 1 fully saturated rings. The number of rotatable bonds is 6. The van der Waals surface area contributed by atoms with Crippen molar-refractivity contribution >= 4 is 23.5 Å². The first kappa shape index (κ1) is 19.7. The Morgan fingerprint density at radius 2 is 2.08 bits per heavy atom. The number of amides is 1. The molecule has 0 saturated carbocycles. The van der Waals surface area contributed by atoms with Gasteiger partial charge in [-0.2, -0.15) is 0 Å². The van der Waals surface area contributed by atoms with E-state index in [0.29, 0.717) is 24.4 Å². The molecule has 1 saturated heterocycles. The van der Waals surface area contributed by atoms with Gasteiger partial charge in [0.05, 0.1) is 6.04 Å². The van der Waals surface area contributed by atoms with Crippen LogP contribution in [0.3, 0.4) is 0 Å². The van der Waals surface area contributed by atoms with E-state index >= 15 is 0 Å². The maximum Gasteiger partial charge on any atom is 0.407 e. The number of benzene rings is 1. The van der Waals surface area contributed by atoms with Crippen molar-refractivity contribution in [2.45, 2.75) is 64.6 Å². The number of carbonyl (C=O) groups is 2. The van der Waals surface area contributed by atoms with Crippen molar-refractivity contribution < 1.29 is 14.3 Å². The number of hydrogen-bond acceptors (Lipinski definition) is 4. The van der Waals surface area contributed by atoms with Gasteiger partial charge in [0.15, 0.2) is 0 Å². The van der Waals surface area contributed by atoms with E-state index in [9.17, 15) is 9.59 Å². The summed E-state index contributed by atoms with van der Waals surface area (Å²) in [5, 5.41) is 6.62. The molecule has 0 radical (unpaired) electrons. The Morgan fingerprint density at radius 1 is 1.32 bits per heavy atom. The smallest absolute Gasteiger partial charge is 0.407 e. The minimum atomic E-state index is -0.534. The number of ketones is 1. The Kier molecular flexibility index (Phi) is 6.85. The third-order valence-corrected chi connectivity index (χ3v) is 4.32. The summed E-state index contributed by atoms with van der Waals surface area (Å²) in [5.41, 5.74) is 1.39. The molecule has 0 spiro atoms. The van der Waals surface area contributed by atoms with Crippen LogP contribution in [0.1, 0.15) is 51.2 Å². The van der Waals surface area contributed by atoms with Gasteiger partial charge in [-0.15, -0.1) is 0 Å². The Balaban J connectivity index is 1.94. The van der Waals surface area contributed by atoms with Crippen LogP contribution in [0.15, 0.2) is 18.2 Å². The molecule has 0 unspecified atom stereocenters. The van der Waals surface area contributed by atoms with E-state index in [1.54, 1.807) is 6.07 Å². The Hall–Kier alpha value is -1.59. The molecule has 0 bridgehead atoms. The zero-order chi connectivity index (χ0) is 18.4. The van der Waals surface area contributed by atoms with Gasteiger partial charge < -0.3 is 15.4 Å². The molecule has 2 rings (SSSR count). The second-order valence-corrected chi connectivity index (χ2v) is 7.82. The minimum absolute atomic E-state index is 0.0116. The minimum Gasteiger partial charge on any atom is -0.444 e. The molecule has 1 aromatic rings. The highest BCUT2D eigenvalue weighted by Gasteiger charge is 2.22. The Labute approximate surface area is 154 Å². The van der Waals surface area contributed by atoms with Gasteiger partial charge in [-0.1, -0.05) is 17.7 Å². The number of aryl methyl sites for hydroxylation is 1. The normalized spacial score (nSPS) is 17.4. The maximum atomic E-state index is 12.3. The number of carbonyl (C=O) groups excluding carboxylic acids is 2. The lowest BCUT2D eigenvalue weighted by Crippen LogP contribution is -2.32. The summed E-state index contributed by atoms with van der Waals surface area (Å²) in [6.07, 6.45) is 2.60. The molecule has 1 heterocycles. The van der Waals surface area contributed by atoms with Gasteiger partial charge in [-0.25, -0.2) is 4.79 Å². The van der Waals surface area contributed by atoms with E-state index in [-0.39, 0.29) is 11.8 Å². The van der Waals surface area contributed by atoms with Crippen LogP contribution < -0.4 is 10.6 Å². The molecule has 0 aromatic heterocycles. The highest BCUT2D eigenvalue weighted by Crippen LogP contribution is 2.19. The molecule has 25 heavy (non-hydrogen) atoms. The van der Waals surface area contributed by atoms with Crippen LogP contribution in [0.2, 0.25) is 5.02 Å². The summed E-state index contributed by atoms with van der Waals surface area (Å²) in [6.45, 7) is 6.73. The number of alkyl carbamates (subject to hydrolysis) is 1. The lowest BCUT2D eigenvalue weighted by Gasteiger charge is -2.20. The predicted octanol–water partition coefficient (Wildman–Crippen LogP) is 3.62. The van der Waals surface area contributed by atoms with Crippen molar-refractivity contribution in [3.05, 3.63) is 34.3 Å². The fourth-order valence-corrected chi connectivity index (χ4v) is 3.07. The van der Waals surface area contributed by atoms with E-state index in [0.717, 1.165) is 30.5 Å². The standard InChI is InChI=1S/C19H27ClN2O3/c1-19(2,3)25-18(24)22-12-14-6-8-15(20)11-13(14)7-9-17(23)16-5-4-10-21-16/h6,8,11,16,21H,4-5,7,9-10,12H2,1-3H3,(H,22,24)/t16-/m0/s1. The highest BCUT2D eigenvalue weighted by atomic mass is 35.5. The molecule has 1 amide bonds. The van der Waals surface area contributed by atoms with E-state index in [4.69, 9.17) is 16.3 Å². The lowest BCUT2D eigenvalue weighted by atomic mass is 9.98. The number of hydrogen-bond donors (Lipinski definition) is 2. The van der Waals surface area contributed by atoms with Crippen LogP contribution in [0.25, 0.3) is 0 Å². The zero-order valence-corrected chi connectivity index (χ0v) is 15.9. The third-order valence-electron chi connectivity index (χ3n) is 4.08. The van der Waals surface area contributed by atoms with Crippen LogP contribution >= 0.6 is 11.6 Å². The first-order valence-corrected chi connectivity index (χ1v) is 9.12. The van der Waals surface area contributed by atoms with Gasteiger partial charge in [0, 0.05) is 18.0 Å². The van der Waals surface area contributed by atoms with Crippen LogP contribution in [-0.2, 0) is 22.5 Å². The molecular weight excluding hydrogens is 340 g/mol. The summed E-state index contributed by atoms with van der Waals surface area (Å²) in [4.78, 5) is 24.1. The molecule has 1 atom stereocenters. The first-order chi connectivity index (χ1) is 11.7. The molecule has 6 heteroatoms. The molecule has 2 N–H and O–H groups in total. The van der Waals surface area contributed by atoms with E-state index in [2.05, 4.69) is 10.6 Å². The van der Waals surface area contributed by atoms with Crippen molar-refractivity contribution in [3.63, 3.8) is 0 Å². The molecule has 5 nitrogen and oxygen atoms in total. The van der Waals surface area contributed by atoms with Crippen molar-refractivity contribution in [1.29, 1.82) is 0 Å². The number of ether oxygens (including phenoxy) is 1. The summed E-state index contributed by atoms with van der Waals surface area (Å²) < 4.78 is 5.25. The van der Waals surface area contributed by atoms with E-state index < -0.39 is 11.7 Å². The summed E-state index contributed by atoms with van der Waals surface area (Å²) >= 11 is 6.10. The fraction of sp³-hybridized carbons (Fsp3) is 0.579. The average Bonchev–Trinajstić information content (AvgIpc) is 3.04. The number of nitrogens with one attached hydrogen (secondary N) is 2. The summed E-state index contributed by atoms with van der Waals surface area (Å²) in [5.74, 6) is 0.239. The second kappa shape index (κ2) is 8.68. The Morgan fingerprint density at radius 3 is 2.72 bits per heavy atom. The summed E-state index contributed by atoms with van der Waals surface area (Å²) in [7, 11) is 0. The van der Waals surface area contributed by atoms with Crippen LogP contribution in [-0.4, -0.2) is 30.1 Å². The van der Waals surface area contributed by atoms with Crippen molar-refractivity contribution in [3.8, 4) is 0 Å². The van der Waals surface area contributed by atoms with Crippen LogP contribution in [0.5, 0.6) is 0 Å². The molecule has 138 valence electrons. The number of halogens is 1. The molecule has 1 aliphatic rings. The van der Waals surface area contributed by atoms with Gasteiger partial charge in [0.1, 0.15) is 11.4 Å². The zero-order valence-electron chi connectivity index (χ0n) is 15.2. The SMILES string of the molecule is CC(C)(C)OC(=O)NCc1ccc(Cl)cc1CCC(=O)[C@@H]1CCCN1. The second-order valence-electron chi connectivity index (χ2n) is 7.38. The predicted molar refractivity (Wildman–Crippen MR) is 98.9 cm³/mol. The monoisotopic (exact) mass is 366 g/mol. The van der Waals surface area contributed by atoms with Crippen molar-refractivity contribution in [2.75, 3.05) is 6.54 Å². The average molecular weight is 367 g/mol. The van der Waals surface area contributed by atoms with Gasteiger partial charge in [-0.05, 0) is 69.8 Å². The van der Waals surface area contributed by atoms with E-state index in [1.165, 1.54) is 0 Å². The lowest BCUT2D eigenvalue weighted by molar-refractivity contribution is -0.120. The topological polar surface area (TPSA) is 67.4 Å². The van der Waals surface area contributed by atoms with Gasteiger partial charge in [-0.3, -0.25) is 4.79 Å². The maximum absolute atomic E-state index is 12.3. The first-order valence-electron chi connectivity index (χ1n) is 8.75. The highest BCUT2D eigenvalue weighted by molar-refractivity contribution is 6.30. The van der Waals surface area contributed by atoms with Crippen LogP contribution in [0.4, 0.5) is 4.79 Å². The van der Waals surface area contributed by atoms with Crippen molar-refractivity contribution in [2.24, 2.45) is 0 Å². The van der Waals surface area contributed by atoms with Gasteiger partial charge in [0.25, 0.3) is 0 Å². The number of Topliss-reactive ketones (excluding diaryl/α,β-unsaturated/α-hetero) is 1. The third kappa shape index (κ3) is 6.67. The Bertz CT molecular complexity index is 620. The molecular formula is C19H27ClN2O3. The molecule has 1 aliphatic heterocycles. The van der Waals surface area contributed by atoms with Gasteiger partial charge in [0.2, 0.25) is 0 Å². The fourth-order valence-electron chi connectivity index (χ4n) is 2.87. The largest absolute Gasteiger partial charge is 0.444 e. The van der Waals surface area contributed by atoms with Crippen LogP contribution in [0, 0.1) is 0 Å². The van der Waals surface area contributed by atoms with E-state index in [1.807, 2.05) is 32.9 Å². The molecule has 0 aliphatic carbocycles. The summed E-state index contributed by atoms with van der Waals surface area (Å²) in [6, 6.07) is 5.52. The van der Waals surface area contributed by atoms with Gasteiger partial charge >= 0.3 is 6.09 Å². The quantitative estimate of drug-likeness (QED) is 0.806.